The van der Waals surface area contributed by atoms with Gasteiger partial charge in [-0.2, -0.15) is 0 Å². The van der Waals surface area contributed by atoms with Crippen LogP contribution >= 0.6 is 0 Å². The summed E-state index contributed by atoms with van der Waals surface area (Å²) in [6.45, 7) is 2.85. The molecule has 18 heavy (non-hydrogen) atoms. The lowest BCUT2D eigenvalue weighted by Crippen LogP contribution is -2.23. The lowest BCUT2D eigenvalue weighted by molar-refractivity contribution is 0.537. The van der Waals surface area contributed by atoms with Crippen molar-refractivity contribution in [1.82, 2.24) is 20.3 Å². The summed E-state index contributed by atoms with van der Waals surface area (Å²) in [4.78, 5) is 0. The van der Waals surface area contributed by atoms with Crippen LogP contribution < -0.4 is 5.32 Å². The number of aromatic nitrogens is 3. The maximum absolute atomic E-state index is 13.3. The van der Waals surface area contributed by atoms with Gasteiger partial charge < -0.3 is 5.32 Å². The quantitative estimate of drug-likeness (QED) is 0.878. The fourth-order valence-electron chi connectivity index (χ4n) is 1.98. The second-order valence-corrected chi connectivity index (χ2v) is 4.25. The Balaban J connectivity index is 2.17. The predicted molar refractivity (Wildman–Crippen MR) is 67.5 cm³/mol. The van der Waals surface area contributed by atoms with Gasteiger partial charge in [-0.05, 0) is 24.2 Å². The molecule has 0 bridgehead atoms. The van der Waals surface area contributed by atoms with Crippen LogP contribution in [0.5, 0.6) is 0 Å². The SMILES string of the molecule is CCNC(Cc1cn(C)nn1)c1cccc(F)c1. The molecule has 0 spiro atoms. The number of aryl methyl sites for hydroxylation is 1. The lowest BCUT2D eigenvalue weighted by atomic mass is 10.0. The Hall–Kier alpha value is -1.75. The molecule has 2 aromatic rings. The molecule has 1 heterocycles. The third-order valence-corrected chi connectivity index (χ3v) is 2.76. The maximum atomic E-state index is 13.3. The average molecular weight is 248 g/mol. The molecule has 0 saturated heterocycles. The first kappa shape index (κ1) is 12.7. The Morgan fingerprint density at radius 3 is 2.89 bits per heavy atom. The normalized spacial score (nSPS) is 12.6. The summed E-state index contributed by atoms with van der Waals surface area (Å²) in [6, 6.07) is 6.72. The second kappa shape index (κ2) is 5.73. The lowest BCUT2D eigenvalue weighted by Gasteiger charge is -2.17. The summed E-state index contributed by atoms with van der Waals surface area (Å²) in [5, 5.41) is 11.3. The van der Waals surface area contributed by atoms with Crippen LogP contribution in [-0.4, -0.2) is 21.5 Å². The highest BCUT2D eigenvalue weighted by Gasteiger charge is 2.13. The summed E-state index contributed by atoms with van der Waals surface area (Å²) < 4.78 is 14.9. The van der Waals surface area contributed by atoms with Crippen molar-refractivity contribution in [2.75, 3.05) is 6.54 Å². The molecule has 4 nitrogen and oxygen atoms in total. The maximum Gasteiger partial charge on any atom is 0.123 e. The molecule has 1 N–H and O–H groups in total. The van der Waals surface area contributed by atoms with Crippen molar-refractivity contribution < 1.29 is 4.39 Å². The van der Waals surface area contributed by atoms with Crippen LogP contribution in [0, 0.1) is 5.82 Å². The number of nitrogens with zero attached hydrogens (tertiary/aromatic N) is 3. The van der Waals surface area contributed by atoms with Gasteiger partial charge in [-0.1, -0.05) is 24.3 Å². The van der Waals surface area contributed by atoms with E-state index in [2.05, 4.69) is 15.6 Å². The Labute approximate surface area is 106 Å². The molecule has 0 fully saturated rings. The van der Waals surface area contributed by atoms with E-state index in [0.717, 1.165) is 17.8 Å². The van der Waals surface area contributed by atoms with Crippen molar-refractivity contribution in [2.24, 2.45) is 7.05 Å². The Bertz CT molecular complexity index is 509. The number of benzene rings is 1. The number of hydrogen-bond acceptors (Lipinski definition) is 3. The molecule has 0 aliphatic carbocycles. The summed E-state index contributed by atoms with van der Waals surface area (Å²) in [6.07, 6.45) is 2.58. The Morgan fingerprint density at radius 2 is 2.28 bits per heavy atom. The van der Waals surface area contributed by atoms with E-state index < -0.39 is 0 Å². The van der Waals surface area contributed by atoms with Crippen LogP contribution in [0.25, 0.3) is 0 Å². The van der Waals surface area contributed by atoms with Crippen molar-refractivity contribution in [3.05, 3.63) is 47.5 Å². The molecular weight excluding hydrogens is 231 g/mol. The van der Waals surface area contributed by atoms with Gasteiger partial charge in [0.25, 0.3) is 0 Å². The molecule has 1 aromatic carbocycles. The number of likely N-dealkylation sites (N-methyl/N-ethyl adjacent to an activating group) is 1. The third kappa shape index (κ3) is 3.13. The fraction of sp³-hybridized carbons (Fsp3) is 0.385. The molecule has 0 radical (unpaired) electrons. The van der Waals surface area contributed by atoms with Crippen molar-refractivity contribution in [1.29, 1.82) is 0 Å². The van der Waals surface area contributed by atoms with Gasteiger partial charge in [0.05, 0.1) is 5.69 Å². The van der Waals surface area contributed by atoms with E-state index in [1.807, 2.05) is 26.2 Å². The van der Waals surface area contributed by atoms with Crippen molar-refractivity contribution in [2.45, 2.75) is 19.4 Å². The summed E-state index contributed by atoms with van der Waals surface area (Å²) >= 11 is 0. The number of nitrogens with one attached hydrogen (secondary N) is 1. The van der Waals surface area contributed by atoms with Gasteiger partial charge in [-0.15, -0.1) is 5.10 Å². The number of halogens is 1. The minimum Gasteiger partial charge on any atom is -0.310 e. The van der Waals surface area contributed by atoms with Gasteiger partial charge >= 0.3 is 0 Å². The monoisotopic (exact) mass is 248 g/mol. The van der Waals surface area contributed by atoms with Crippen LogP contribution in [0.3, 0.4) is 0 Å². The van der Waals surface area contributed by atoms with Crippen LogP contribution in [0.2, 0.25) is 0 Å². The predicted octanol–water partition coefficient (Wildman–Crippen LogP) is 1.85. The van der Waals surface area contributed by atoms with Gasteiger partial charge in [0.15, 0.2) is 0 Å². The van der Waals surface area contributed by atoms with Crippen LogP contribution in [0.15, 0.2) is 30.5 Å². The molecule has 96 valence electrons. The highest BCUT2D eigenvalue weighted by Crippen LogP contribution is 2.18. The van der Waals surface area contributed by atoms with E-state index >= 15 is 0 Å². The Morgan fingerprint density at radius 1 is 1.44 bits per heavy atom. The van der Waals surface area contributed by atoms with E-state index in [1.165, 1.54) is 6.07 Å². The van der Waals surface area contributed by atoms with Gasteiger partial charge in [-0.25, -0.2) is 4.39 Å². The molecular formula is C13H17FN4. The molecule has 0 amide bonds. The molecule has 1 atom stereocenters. The average Bonchev–Trinajstić information content (AvgIpc) is 2.74. The van der Waals surface area contributed by atoms with E-state index in [4.69, 9.17) is 0 Å². The van der Waals surface area contributed by atoms with Crippen LogP contribution in [0.1, 0.15) is 24.2 Å². The summed E-state index contributed by atoms with van der Waals surface area (Å²) in [7, 11) is 1.83. The first-order valence-electron chi connectivity index (χ1n) is 6.03. The van der Waals surface area contributed by atoms with E-state index in [9.17, 15) is 4.39 Å². The molecule has 0 aliphatic rings. The first-order chi connectivity index (χ1) is 8.69. The molecule has 1 unspecified atom stereocenters. The van der Waals surface area contributed by atoms with Gasteiger partial charge in [0, 0.05) is 25.7 Å². The molecule has 0 saturated carbocycles. The third-order valence-electron chi connectivity index (χ3n) is 2.76. The largest absolute Gasteiger partial charge is 0.310 e. The van der Waals surface area contributed by atoms with Crippen LogP contribution in [-0.2, 0) is 13.5 Å². The van der Waals surface area contributed by atoms with Crippen molar-refractivity contribution in [3.8, 4) is 0 Å². The Kier molecular flexibility index (Phi) is 4.04. The van der Waals surface area contributed by atoms with E-state index in [0.29, 0.717) is 6.42 Å². The standard InChI is InChI=1S/C13H17FN4/c1-3-15-13(8-12-9-18(2)17-16-12)10-5-4-6-11(14)7-10/h4-7,9,13,15H,3,8H2,1-2H3. The van der Waals surface area contributed by atoms with Gasteiger partial charge in [0.2, 0.25) is 0 Å². The zero-order chi connectivity index (χ0) is 13.0. The minimum absolute atomic E-state index is 0.0578. The second-order valence-electron chi connectivity index (χ2n) is 4.25. The number of hydrogen-bond donors (Lipinski definition) is 1. The first-order valence-corrected chi connectivity index (χ1v) is 6.03. The molecule has 2 rings (SSSR count). The summed E-state index contributed by atoms with van der Waals surface area (Å²) in [5.74, 6) is -0.213. The zero-order valence-corrected chi connectivity index (χ0v) is 10.6. The van der Waals surface area contributed by atoms with E-state index in [-0.39, 0.29) is 11.9 Å². The van der Waals surface area contributed by atoms with Crippen LogP contribution in [0.4, 0.5) is 4.39 Å². The van der Waals surface area contributed by atoms with E-state index in [1.54, 1.807) is 16.8 Å². The smallest absolute Gasteiger partial charge is 0.123 e. The van der Waals surface area contributed by atoms with Gasteiger partial charge in [0.1, 0.15) is 5.82 Å². The summed E-state index contributed by atoms with van der Waals surface area (Å²) in [5.41, 5.74) is 1.83. The highest BCUT2D eigenvalue weighted by molar-refractivity contribution is 5.21. The fourth-order valence-corrected chi connectivity index (χ4v) is 1.98. The zero-order valence-electron chi connectivity index (χ0n) is 10.6. The topological polar surface area (TPSA) is 42.7 Å². The molecule has 1 aromatic heterocycles. The molecule has 5 heteroatoms. The highest BCUT2D eigenvalue weighted by atomic mass is 19.1. The van der Waals surface area contributed by atoms with Crippen molar-refractivity contribution >= 4 is 0 Å². The van der Waals surface area contributed by atoms with Crippen molar-refractivity contribution in [3.63, 3.8) is 0 Å². The van der Waals surface area contributed by atoms with Gasteiger partial charge in [-0.3, -0.25) is 4.68 Å². The molecule has 0 aliphatic heterocycles. The minimum atomic E-state index is -0.213. The number of rotatable bonds is 5.